The third kappa shape index (κ3) is 4.57. The largest absolute Gasteiger partial charge is 0.345 e. The van der Waals surface area contributed by atoms with Crippen LogP contribution in [0.2, 0.25) is 5.02 Å². The van der Waals surface area contributed by atoms with E-state index < -0.39 is 15.9 Å². The number of rotatable bonds is 5. The van der Waals surface area contributed by atoms with Crippen LogP contribution in [-0.2, 0) is 10.0 Å². The van der Waals surface area contributed by atoms with E-state index in [0.29, 0.717) is 19.0 Å². The summed E-state index contributed by atoms with van der Waals surface area (Å²) in [5, 5.41) is 3.11. The van der Waals surface area contributed by atoms with Crippen molar-refractivity contribution >= 4 is 27.5 Å². The highest BCUT2D eigenvalue weighted by molar-refractivity contribution is 7.89. The maximum Gasteiger partial charge on any atom is 0.253 e. The van der Waals surface area contributed by atoms with E-state index >= 15 is 0 Å². The van der Waals surface area contributed by atoms with E-state index in [0.717, 1.165) is 18.4 Å². The van der Waals surface area contributed by atoms with Crippen LogP contribution in [0, 0.1) is 5.92 Å². The van der Waals surface area contributed by atoms with Crippen LogP contribution < -0.4 is 5.32 Å². The molecule has 1 atom stereocenters. The number of amides is 1. The van der Waals surface area contributed by atoms with Crippen LogP contribution >= 0.6 is 11.6 Å². The van der Waals surface area contributed by atoms with Gasteiger partial charge in [0.05, 0.1) is 21.5 Å². The summed E-state index contributed by atoms with van der Waals surface area (Å²) in [4.78, 5) is 12.8. The van der Waals surface area contributed by atoms with Crippen LogP contribution in [0.3, 0.4) is 0 Å². The lowest BCUT2D eigenvalue weighted by Crippen LogP contribution is -2.38. The fraction of sp³-hybridized carbons (Fsp3) is 0.381. The van der Waals surface area contributed by atoms with Crippen molar-refractivity contribution in [2.24, 2.45) is 5.92 Å². The highest BCUT2D eigenvalue weighted by Gasteiger charge is 2.29. The van der Waals surface area contributed by atoms with Gasteiger partial charge in [0.15, 0.2) is 0 Å². The maximum absolute atomic E-state index is 13.0. The summed E-state index contributed by atoms with van der Waals surface area (Å²) in [6.45, 7) is 5.00. The Bertz CT molecular complexity index is 939. The van der Waals surface area contributed by atoms with E-state index in [2.05, 4.69) is 12.2 Å². The van der Waals surface area contributed by atoms with Crippen LogP contribution in [-0.4, -0.2) is 31.7 Å². The molecule has 0 aliphatic carbocycles. The summed E-state index contributed by atoms with van der Waals surface area (Å²) < 4.78 is 27.4. The number of nitrogens with one attached hydrogen (secondary N) is 1. The Kier molecular flexibility index (Phi) is 6.43. The Morgan fingerprint density at radius 3 is 2.43 bits per heavy atom. The summed E-state index contributed by atoms with van der Waals surface area (Å²) in [6.07, 6.45) is 1.68. The van der Waals surface area contributed by atoms with E-state index in [9.17, 15) is 13.2 Å². The number of hydrogen-bond donors (Lipinski definition) is 1. The van der Waals surface area contributed by atoms with Crippen molar-refractivity contribution in [1.29, 1.82) is 0 Å². The lowest BCUT2D eigenvalue weighted by atomic mass is 10.0. The predicted octanol–water partition coefficient (Wildman–Crippen LogP) is 4.25. The van der Waals surface area contributed by atoms with Crippen LogP contribution in [0.25, 0.3) is 0 Å². The van der Waals surface area contributed by atoms with Crippen molar-refractivity contribution in [2.75, 3.05) is 13.1 Å². The third-order valence-electron chi connectivity index (χ3n) is 5.21. The van der Waals surface area contributed by atoms with E-state index in [1.165, 1.54) is 22.5 Å². The first-order valence-electron chi connectivity index (χ1n) is 9.44. The number of piperidine rings is 1. The molecule has 1 aliphatic rings. The number of halogens is 1. The van der Waals surface area contributed by atoms with Crippen molar-refractivity contribution in [3.63, 3.8) is 0 Å². The van der Waals surface area contributed by atoms with Crippen molar-refractivity contribution in [3.8, 4) is 0 Å². The number of benzene rings is 2. The number of carbonyl (C=O) groups is 1. The van der Waals surface area contributed by atoms with Crippen LogP contribution in [0.5, 0.6) is 0 Å². The van der Waals surface area contributed by atoms with Gasteiger partial charge in [-0.3, -0.25) is 4.79 Å². The minimum Gasteiger partial charge on any atom is -0.345 e. The Morgan fingerprint density at radius 2 is 1.79 bits per heavy atom. The molecule has 28 heavy (non-hydrogen) atoms. The Balaban J connectivity index is 1.82. The second-order valence-corrected chi connectivity index (χ2v) is 9.68. The van der Waals surface area contributed by atoms with Crippen molar-refractivity contribution in [3.05, 3.63) is 64.7 Å². The number of nitrogens with zero attached hydrogens (tertiary/aromatic N) is 1. The first kappa shape index (κ1) is 20.8. The zero-order valence-electron chi connectivity index (χ0n) is 16.1. The quantitative estimate of drug-likeness (QED) is 0.786. The Labute approximate surface area is 171 Å². The minimum absolute atomic E-state index is 0.101. The minimum atomic E-state index is -3.64. The zero-order chi connectivity index (χ0) is 20.3. The summed E-state index contributed by atoms with van der Waals surface area (Å²) >= 11 is 6.21. The third-order valence-corrected chi connectivity index (χ3v) is 7.43. The molecule has 1 amide bonds. The second kappa shape index (κ2) is 8.64. The molecule has 7 heteroatoms. The molecular weight excluding hydrogens is 396 g/mol. The molecule has 150 valence electrons. The SMILES string of the molecule is CC1CCN(S(=O)(=O)c2ccc(Cl)c(C(=O)N[C@@H](C)c3ccccc3)c2)CC1. The molecule has 0 radical (unpaired) electrons. The molecule has 1 aliphatic heterocycles. The predicted molar refractivity (Wildman–Crippen MR) is 111 cm³/mol. The zero-order valence-corrected chi connectivity index (χ0v) is 17.6. The lowest BCUT2D eigenvalue weighted by molar-refractivity contribution is 0.0940. The molecule has 1 fully saturated rings. The molecule has 2 aromatic rings. The highest BCUT2D eigenvalue weighted by atomic mass is 35.5. The van der Waals surface area contributed by atoms with Crippen LogP contribution in [0.4, 0.5) is 0 Å². The lowest BCUT2D eigenvalue weighted by Gasteiger charge is -2.29. The van der Waals surface area contributed by atoms with E-state index in [1.807, 2.05) is 37.3 Å². The van der Waals surface area contributed by atoms with Gasteiger partial charge in [0.25, 0.3) is 5.91 Å². The number of carbonyl (C=O) groups excluding carboxylic acids is 1. The van der Waals surface area contributed by atoms with Crippen LogP contribution in [0.15, 0.2) is 53.4 Å². The van der Waals surface area contributed by atoms with Gasteiger partial charge in [-0.1, -0.05) is 48.9 Å². The smallest absolute Gasteiger partial charge is 0.253 e. The molecular formula is C21H25ClN2O3S. The van der Waals surface area contributed by atoms with Crippen molar-refractivity contribution in [2.45, 2.75) is 37.6 Å². The topological polar surface area (TPSA) is 66.5 Å². The first-order valence-corrected chi connectivity index (χ1v) is 11.3. The van der Waals surface area contributed by atoms with Gasteiger partial charge in [-0.25, -0.2) is 8.42 Å². The molecule has 5 nitrogen and oxygen atoms in total. The van der Waals surface area contributed by atoms with E-state index in [1.54, 1.807) is 0 Å². The van der Waals surface area contributed by atoms with Gasteiger partial charge in [-0.2, -0.15) is 4.31 Å². The van der Waals surface area contributed by atoms with Gasteiger partial charge in [-0.05, 0) is 49.4 Å². The monoisotopic (exact) mass is 420 g/mol. The fourth-order valence-electron chi connectivity index (χ4n) is 3.31. The molecule has 1 N–H and O–H groups in total. The van der Waals surface area contributed by atoms with Gasteiger partial charge in [-0.15, -0.1) is 0 Å². The standard InChI is InChI=1S/C21H25ClN2O3S/c1-15-10-12-24(13-11-15)28(26,27)18-8-9-20(22)19(14-18)21(25)23-16(2)17-6-4-3-5-7-17/h3-9,14-16H,10-13H2,1-2H3,(H,23,25)/t16-/m0/s1. The van der Waals surface area contributed by atoms with Gasteiger partial charge in [0, 0.05) is 13.1 Å². The van der Waals surface area contributed by atoms with E-state index in [4.69, 9.17) is 11.6 Å². The normalized spacial score (nSPS) is 17.2. The van der Waals surface area contributed by atoms with Gasteiger partial charge in [0.2, 0.25) is 10.0 Å². The summed E-state index contributed by atoms with van der Waals surface area (Å²) in [7, 11) is -3.64. The molecule has 1 saturated heterocycles. The molecule has 0 bridgehead atoms. The molecule has 2 aromatic carbocycles. The van der Waals surface area contributed by atoms with Crippen molar-refractivity contribution < 1.29 is 13.2 Å². The second-order valence-electron chi connectivity index (χ2n) is 7.33. The van der Waals surface area contributed by atoms with E-state index in [-0.39, 0.29) is 21.5 Å². The number of sulfonamides is 1. The first-order chi connectivity index (χ1) is 13.3. The van der Waals surface area contributed by atoms with Gasteiger partial charge >= 0.3 is 0 Å². The Morgan fingerprint density at radius 1 is 1.14 bits per heavy atom. The van der Waals surface area contributed by atoms with Gasteiger partial charge in [0.1, 0.15) is 0 Å². The summed E-state index contributed by atoms with van der Waals surface area (Å²) in [5.41, 5.74) is 1.12. The summed E-state index contributed by atoms with van der Waals surface area (Å²) in [6, 6.07) is 13.6. The molecule has 0 saturated carbocycles. The average molecular weight is 421 g/mol. The van der Waals surface area contributed by atoms with Crippen LogP contribution in [0.1, 0.15) is 48.7 Å². The molecule has 3 rings (SSSR count). The molecule has 0 unspecified atom stereocenters. The Hall–Kier alpha value is -1.89. The van der Waals surface area contributed by atoms with Crippen molar-refractivity contribution in [1.82, 2.24) is 9.62 Å². The fourth-order valence-corrected chi connectivity index (χ4v) is 5.01. The average Bonchev–Trinajstić information content (AvgIpc) is 2.69. The maximum atomic E-state index is 13.0. The number of hydrogen-bond acceptors (Lipinski definition) is 3. The van der Waals surface area contributed by atoms with Gasteiger partial charge < -0.3 is 5.32 Å². The molecule has 1 heterocycles. The molecule has 0 aromatic heterocycles. The molecule has 0 spiro atoms. The summed E-state index contributed by atoms with van der Waals surface area (Å²) in [5.74, 6) is 0.128. The highest BCUT2D eigenvalue weighted by Crippen LogP contribution is 2.27.